The highest BCUT2D eigenvalue weighted by Gasteiger charge is 2.05. The number of aromatic nitrogens is 3. The molecule has 0 unspecified atom stereocenters. The smallest absolute Gasteiger partial charge is 0.221 e. The van der Waals surface area contributed by atoms with E-state index in [2.05, 4.69) is 15.5 Å². The summed E-state index contributed by atoms with van der Waals surface area (Å²) in [5.41, 5.74) is 1.70. The molecule has 2 aromatic rings. The number of carbonyl (C=O) groups is 1. The molecule has 0 aliphatic rings. The Morgan fingerprint density at radius 3 is 2.53 bits per heavy atom. The molecule has 0 bridgehead atoms. The molecule has 0 aliphatic carbocycles. The lowest BCUT2D eigenvalue weighted by Crippen LogP contribution is -2.05. The van der Waals surface area contributed by atoms with Gasteiger partial charge in [-0.15, -0.1) is 0 Å². The highest BCUT2D eigenvalue weighted by atomic mass is 32.1. The summed E-state index contributed by atoms with van der Waals surface area (Å²) in [6, 6.07) is 7.43. The molecule has 0 saturated heterocycles. The van der Waals surface area contributed by atoms with Crippen molar-refractivity contribution in [1.82, 2.24) is 14.8 Å². The summed E-state index contributed by atoms with van der Waals surface area (Å²) in [6.45, 7) is 1.48. The first-order chi connectivity index (χ1) is 8.08. The van der Waals surface area contributed by atoms with E-state index in [0.29, 0.717) is 4.77 Å². The van der Waals surface area contributed by atoms with Crippen LogP contribution in [0.4, 0.5) is 5.69 Å². The van der Waals surface area contributed by atoms with Crippen LogP contribution >= 0.6 is 12.2 Å². The van der Waals surface area contributed by atoms with Gasteiger partial charge in [0.25, 0.3) is 0 Å². The number of hydrogen-bond donors (Lipinski definition) is 2. The Morgan fingerprint density at radius 1 is 1.41 bits per heavy atom. The van der Waals surface area contributed by atoms with Crippen LogP contribution < -0.4 is 5.32 Å². The van der Waals surface area contributed by atoms with Crippen molar-refractivity contribution in [2.45, 2.75) is 6.92 Å². The summed E-state index contributed by atoms with van der Waals surface area (Å²) in [4.78, 5) is 10.9. The van der Waals surface area contributed by atoms with Crippen LogP contribution in [-0.4, -0.2) is 20.7 Å². The number of anilines is 1. The predicted octanol–water partition coefficient (Wildman–Crippen LogP) is 2.10. The molecule has 88 valence electrons. The van der Waals surface area contributed by atoms with E-state index in [1.807, 2.05) is 31.3 Å². The summed E-state index contributed by atoms with van der Waals surface area (Å²) in [5.74, 6) is 0.681. The monoisotopic (exact) mass is 248 g/mol. The minimum absolute atomic E-state index is 0.0871. The van der Waals surface area contributed by atoms with E-state index in [4.69, 9.17) is 12.2 Å². The third-order valence-corrected chi connectivity index (χ3v) is 2.71. The zero-order chi connectivity index (χ0) is 12.4. The molecular weight excluding hydrogens is 236 g/mol. The lowest BCUT2D eigenvalue weighted by Gasteiger charge is -2.04. The molecular formula is C11H12N4OS. The first kappa shape index (κ1) is 11.5. The summed E-state index contributed by atoms with van der Waals surface area (Å²) < 4.78 is 2.37. The van der Waals surface area contributed by atoms with Crippen LogP contribution in [0.5, 0.6) is 0 Å². The molecule has 6 heteroatoms. The minimum Gasteiger partial charge on any atom is -0.326 e. The zero-order valence-electron chi connectivity index (χ0n) is 9.52. The van der Waals surface area contributed by atoms with Crippen molar-refractivity contribution < 1.29 is 4.79 Å². The highest BCUT2D eigenvalue weighted by molar-refractivity contribution is 7.71. The van der Waals surface area contributed by atoms with Crippen molar-refractivity contribution >= 4 is 23.8 Å². The molecule has 17 heavy (non-hydrogen) atoms. The lowest BCUT2D eigenvalue weighted by molar-refractivity contribution is -0.114. The molecule has 0 saturated carbocycles. The number of nitrogens with one attached hydrogen (secondary N) is 2. The molecule has 2 rings (SSSR count). The van der Waals surface area contributed by atoms with Gasteiger partial charge in [0.1, 0.15) is 0 Å². The summed E-state index contributed by atoms with van der Waals surface area (Å²) in [6.07, 6.45) is 0. The van der Waals surface area contributed by atoms with Crippen LogP contribution in [0.25, 0.3) is 11.4 Å². The highest BCUT2D eigenvalue weighted by Crippen LogP contribution is 2.18. The second-order valence-electron chi connectivity index (χ2n) is 3.67. The van der Waals surface area contributed by atoms with Gasteiger partial charge in [-0.25, -0.2) is 0 Å². The summed E-state index contributed by atoms with van der Waals surface area (Å²) in [7, 11) is 1.85. The van der Waals surface area contributed by atoms with Gasteiger partial charge in [-0.05, 0) is 36.5 Å². The number of benzene rings is 1. The van der Waals surface area contributed by atoms with E-state index in [9.17, 15) is 4.79 Å². The second kappa shape index (κ2) is 4.50. The third-order valence-electron chi connectivity index (χ3n) is 2.34. The van der Waals surface area contributed by atoms with Gasteiger partial charge in [0.05, 0.1) is 0 Å². The van der Waals surface area contributed by atoms with E-state index in [0.717, 1.165) is 17.1 Å². The molecule has 0 aliphatic heterocycles. The zero-order valence-corrected chi connectivity index (χ0v) is 10.3. The van der Waals surface area contributed by atoms with Crippen LogP contribution in [0.1, 0.15) is 6.92 Å². The number of rotatable bonds is 2. The van der Waals surface area contributed by atoms with Gasteiger partial charge in [-0.1, -0.05) is 0 Å². The number of aromatic amines is 1. The molecule has 0 spiro atoms. The van der Waals surface area contributed by atoms with Crippen molar-refractivity contribution in [2.24, 2.45) is 7.05 Å². The Bertz CT molecular complexity index is 597. The Morgan fingerprint density at radius 2 is 2.06 bits per heavy atom. The number of carbonyl (C=O) groups excluding carboxylic acids is 1. The van der Waals surface area contributed by atoms with E-state index in [1.165, 1.54) is 6.92 Å². The van der Waals surface area contributed by atoms with Gasteiger partial charge in [0.2, 0.25) is 5.91 Å². The van der Waals surface area contributed by atoms with Crippen molar-refractivity contribution in [2.75, 3.05) is 5.32 Å². The van der Waals surface area contributed by atoms with Crippen molar-refractivity contribution in [3.8, 4) is 11.4 Å². The van der Waals surface area contributed by atoms with Gasteiger partial charge < -0.3 is 9.88 Å². The molecule has 1 heterocycles. The molecule has 2 N–H and O–H groups in total. The van der Waals surface area contributed by atoms with Crippen LogP contribution in [0, 0.1) is 4.77 Å². The van der Waals surface area contributed by atoms with E-state index in [-0.39, 0.29) is 5.91 Å². The first-order valence-corrected chi connectivity index (χ1v) is 5.48. The van der Waals surface area contributed by atoms with Crippen molar-refractivity contribution in [3.05, 3.63) is 29.0 Å². The topological polar surface area (TPSA) is 62.7 Å². The quantitative estimate of drug-likeness (QED) is 0.800. The number of H-pyrrole nitrogens is 1. The first-order valence-electron chi connectivity index (χ1n) is 5.07. The molecule has 0 fully saturated rings. The minimum atomic E-state index is -0.0871. The maximum Gasteiger partial charge on any atom is 0.221 e. The second-order valence-corrected chi connectivity index (χ2v) is 4.06. The Hall–Kier alpha value is -1.95. The fourth-order valence-corrected chi connectivity index (χ4v) is 1.64. The van der Waals surface area contributed by atoms with Gasteiger partial charge >= 0.3 is 0 Å². The predicted molar refractivity (Wildman–Crippen MR) is 68.1 cm³/mol. The normalized spacial score (nSPS) is 10.2. The number of hydrogen-bond acceptors (Lipinski definition) is 3. The van der Waals surface area contributed by atoms with Crippen LogP contribution in [0.3, 0.4) is 0 Å². The molecule has 5 nitrogen and oxygen atoms in total. The number of amides is 1. The fourth-order valence-electron chi connectivity index (χ4n) is 1.51. The van der Waals surface area contributed by atoms with Crippen LogP contribution in [-0.2, 0) is 11.8 Å². The van der Waals surface area contributed by atoms with Gasteiger partial charge in [-0.2, -0.15) is 5.10 Å². The largest absolute Gasteiger partial charge is 0.326 e. The average molecular weight is 248 g/mol. The van der Waals surface area contributed by atoms with Crippen LogP contribution in [0.2, 0.25) is 0 Å². The Kier molecular flexibility index (Phi) is 3.06. The molecule has 1 amide bonds. The van der Waals surface area contributed by atoms with Gasteiger partial charge in [0.15, 0.2) is 10.6 Å². The third kappa shape index (κ3) is 2.42. The van der Waals surface area contributed by atoms with Gasteiger partial charge in [-0.3, -0.25) is 9.89 Å². The van der Waals surface area contributed by atoms with Crippen molar-refractivity contribution in [1.29, 1.82) is 0 Å². The Labute approximate surface area is 103 Å². The van der Waals surface area contributed by atoms with Crippen molar-refractivity contribution in [3.63, 3.8) is 0 Å². The molecule has 1 aromatic carbocycles. The average Bonchev–Trinajstić information content (AvgIpc) is 2.60. The molecule has 0 atom stereocenters. The lowest BCUT2D eigenvalue weighted by atomic mass is 10.2. The SMILES string of the molecule is CC(=O)Nc1ccc(-c2n[nH]c(=S)n2C)cc1. The summed E-state index contributed by atoms with van der Waals surface area (Å²) in [5, 5.41) is 9.57. The summed E-state index contributed by atoms with van der Waals surface area (Å²) >= 11 is 5.04. The maximum absolute atomic E-state index is 10.9. The standard InChI is InChI=1S/C11H12N4OS/c1-7(16)12-9-5-3-8(4-6-9)10-13-14-11(17)15(10)2/h3-6H,1-2H3,(H,12,16)(H,14,17). The molecule has 0 radical (unpaired) electrons. The van der Waals surface area contributed by atoms with Gasteiger partial charge in [0, 0.05) is 25.2 Å². The van der Waals surface area contributed by atoms with E-state index in [1.54, 1.807) is 4.57 Å². The van der Waals surface area contributed by atoms with E-state index < -0.39 is 0 Å². The maximum atomic E-state index is 10.9. The van der Waals surface area contributed by atoms with E-state index >= 15 is 0 Å². The van der Waals surface area contributed by atoms with Crippen LogP contribution in [0.15, 0.2) is 24.3 Å². The molecule has 1 aromatic heterocycles. The Balaban J connectivity index is 2.32. The number of nitrogens with zero attached hydrogens (tertiary/aromatic N) is 2. The fraction of sp³-hybridized carbons (Fsp3) is 0.182.